The summed E-state index contributed by atoms with van der Waals surface area (Å²) in [5.41, 5.74) is 1.65. The van der Waals surface area contributed by atoms with E-state index in [-0.39, 0.29) is 0 Å². The molecule has 2 N–H and O–H groups in total. The van der Waals surface area contributed by atoms with Crippen LogP contribution in [0.1, 0.15) is 71.4 Å². The number of imide groups is 1. The minimum absolute atomic E-state index is 0.633. The molecule has 1 heterocycles. The fourth-order valence-corrected chi connectivity index (χ4v) is 2.77. The number of hydrogen-bond acceptors (Lipinski definition) is 5. The maximum absolute atomic E-state index is 11.1. The molecule has 0 radical (unpaired) electrons. The molecule has 0 aromatic heterocycles. The molecule has 2 amide bonds. The molecule has 1 aliphatic heterocycles. The molecule has 0 unspecified atom stereocenters. The highest BCUT2D eigenvalue weighted by molar-refractivity contribution is 5.87. The highest BCUT2D eigenvalue weighted by Crippen LogP contribution is 2.25. The number of benzene rings is 1. The Morgan fingerprint density at radius 3 is 1.89 bits per heavy atom. The van der Waals surface area contributed by atoms with Crippen molar-refractivity contribution in [2.24, 2.45) is 0 Å². The summed E-state index contributed by atoms with van der Waals surface area (Å²) in [7, 11) is 0. The Morgan fingerprint density at radius 2 is 1.46 bits per heavy atom. The predicted molar refractivity (Wildman–Crippen MR) is 112 cm³/mol. The molecule has 1 saturated heterocycles. The van der Waals surface area contributed by atoms with Gasteiger partial charge >= 0.3 is 12.2 Å². The van der Waals surface area contributed by atoms with Crippen LogP contribution in [0.4, 0.5) is 9.59 Å². The number of amides is 2. The smallest absolute Gasteiger partial charge is 0.417 e. The Morgan fingerprint density at radius 1 is 0.964 bits per heavy atom. The third kappa shape index (κ3) is 10.9. The number of nitrogens with one attached hydrogen (secondary N) is 2. The predicted octanol–water partition coefficient (Wildman–Crippen LogP) is 4.91. The number of carbonyl (C=O) groups excluding carboxylic acids is 2. The number of rotatable bonds is 1. The van der Waals surface area contributed by atoms with Gasteiger partial charge in [-0.25, -0.2) is 14.9 Å². The first-order valence-corrected chi connectivity index (χ1v) is 9.86. The molecule has 28 heavy (non-hydrogen) atoms. The van der Waals surface area contributed by atoms with Crippen molar-refractivity contribution in [2.75, 3.05) is 13.1 Å². The first-order chi connectivity index (χ1) is 12.9. The number of aryl methyl sites for hydroxylation is 1. The molecule has 6 nitrogen and oxygen atoms in total. The Balaban J connectivity index is 0.000000281. The molecular formula is C22H36N2O4. The zero-order valence-corrected chi connectivity index (χ0v) is 18.3. The first-order valence-electron chi connectivity index (χ1n) is 9.86. The number of carbonyl (C=O) groups is 2. The maximum Gasteiger partial charge on any atom is 0.417 e. The van der Waals surface area contributed by atoms with Crippen molar-refractivity contribution < 1.29 is 19.1 Å². The van der Waals surface area contributed by atoms with Gasteiger partial charge in [-0.15, -0.1) is 0 Å². The van der Waals surface area contributed by atoms with E-state index in [0.717, 1.165) is 5.92 Å². The number of alkyl carbamates (subject to hydrolysis) is 2. The van der Waals surface area contributed by atoms with Gasteiger partial charge in [0.1, 0.15) is 11.2 Å². The van der Waals surface area contributed by atoms with E-state index in [2.05, 4.69) is 36.5 Å². The van der Waals surface area contributed by atoms with Gasteiger partial charge in [0.25, 0.3) is 0 Å². The molecule has 158 valence electrons. The zero-order chi connectivity index (χ0) is 21.4. The SMILES string of the molecule is CC(C)(C)OC(=O)NC(=O)OC(C)(C)C.Cc1cccc(C2CCNCC2)c1. The van der Waals surface area contributed by atoms with Crippen LogP contribution in [0.3, 0.4) is 0 Å². The van der Waals surface area contributed by atoms with Crippen molar-refractivity contribution in [3.05, 3.63) is 35.4 Å². The first kappa shape index (κ1) is 24.0. The summed E-state index contributed by atoms with van der Waals surface area (Å²) >= 11 is 0. The summed E-state index contributed by atoms with van der Waals surface area (Å²) in [6, 6.07) is 8.94. The van der Waals surface area contributed by atoms with E-state index in [1.54, 1.807) is 41.5 Å². The van der Waals surface area contributed by atoms with E-state index in [4.69, 9.17) is 9.47 Å². The van der Waals surface area contributed by atoms with Crippen molar-refractivity contribution in [1.29, 1.82) is 0 Å². The fourth-order valence-electron chi connectivity index (χ4n) is 2.77. The van der Waals surface area contributed by atoms with Gasteiger partial charge in [0.15, 0.2) is 0 Å². The molecule has 0 bridgehead atoms. The molecule has 0 aliphatic carbocycles. The minimum Gasteiger partial charge on any atom is -0.443 e. The fraction of sp³-hybridized carbons (Fsp3) is 0.636. The molecule has 1 aromatic carbocycles. The quantitative estimate of drug-likeness (QED) is 0.710. The Hall–Kier alpha value is -2.08. The van der Waals surface area contributed by atoms with Crippen LogP contribution in [0, 0.1) is 6.92 Å². The Bertz CT molecular complexity index is 613. The van der Waals surface area contributed by atoms with Crippen LogP contribution in [0.2, 0.25) is 0 Å². The molecule has 1 aliphatic rings. The van der Waals surface area contributed by atoms with Crippen molar-refractivity contribution in [1.82, 2.24) is 10.6 Å². The topological polar surface area (TPSA) is 76.7 Å². The Labute approximate surface area is 169 Å². The van der Waals surface area contributed by atoms with Crippen LogP contribution in [-0.2, 0) is 9.47 Å². The van der Waals surface area contributed by atoms with Crippen LogP contribution in [0.5, 0.6) is 0 Å². The molecule has 0 saturated carbocycles. The van der Waals surface area contributed by atoms with E-state index in [9.17, 15) is 9.59 Å². The van der Waals surface area contributed by atoms with E-state index in [1.165, 1.54) is 37.1 Å². The van der Waals surface area contributed by atoms with Crippen molar-refractivity contribution in [3.8, 4) is 0 Å². The lowest BCUT2D eigenvalue weighted by Gasteiger charge is -2.23. The van der Waals surface area contributed by atoms with Gasteiger partial charge in [0, 0.05) is 0 Å². The lowest BCUT2D eigenvalue weighted by molar-refractivity contribution is 0.0353. The number of piperidine rings is 1. The van der Waals surface area contributed by atoms with Crippen molar-refractivity contribution in [2.45, 2.75) is 78.4 Å². The zero-order valence-electron chi connectivity index (χ0n) is 18.3. The van der Waals surface area contributed by atoms with E-state index in [0.29, 0.717) is 0 Å². The van der Waals surface area contributed by atoms with Crippen LogP contribution < -0.4 is 10.6 Å². The number of hydrogen-bond donors (Lipinski definition) is 2. The van der Waals surface area contributed by atoms with Crippen LogP contribution in [-0.4, -0.2) is 36.5 Å². The van der Waals surface area contributed by atoms with Crippen LogP contribution in [0.25, 0.3) is 0 Å². The second kappa shape index (κ2) is 10.5. The summed E-state index contributed by atoms with van der Waals surface area (Å²) in [6.07, 6.45) is 0.973. The van der Waals surface area contributed by atoms with Gasteiger partial charge in [-0.3, -0.25) is 0 Å². The molecular weight excluding hydrogens is 356 g/mol. The van der Waals surface area contributed by atoms with Gasteiger partial charge in [0.05, 0.1) is 0 Å². The molecule has 1 aromatic rings. The second-order valence-electron chi connectivity index (χ2n) is 9.07. The van der Waals surface area contributed by atoms with Crippen LogP contribution in [0.15, 0.2) is 24.3 Å². The highest BCUT2D eigenvalue weighted by Gasteiger charge is 2.22. The van der Waals surface area contributed by atoms with Gasteiger partial charge in [0.2, 0.25) is 0 Å². The largest absolute Gasteiger partial charge is 0.443 e. The number of ether oxygens (including phenoxy) is 2. The Kier molecular flexibility index (Phi) is 8.95. The third-order valence-corrected chi connectivity index (χ3v) is 3.85. The summed E-state index contributed by atoms with van der Waals surface area (Å²) in [5, 5.41) is 5.37. The van der Waals surface area contributed by atoms with Crippen molar-refractivity contribution >= 4 is 12.2 Å². The summed E-state index contributed by atoms with van der Waals surface area (Å²) in [6.45, 7) is 14.8. The average Bonchev–Trinajstić information content (AvgIpc) is 2.52. The monoisotopic (exact) mass is 392 g/mol. The van der Waals surface area contributed by atoms with Crippen LogP contribution >= 0.6 is 0 Å². The van der Waals surface area contributed by atoms with Gasteiger partial charge < -0.3 is 14.8 Å². The van der Waals surface area contributed by atoms with Gasteiger partial charge in [-0.2, -0.15) is 0 Å². The van der Waals surface area contributed by atoms with E-state index >= 15 is 0 Å². The summed E-state index contributed by atoms with van der Waals surface area (Å²) in [5.74, 6) is 0.793. The standard InChI is InChI=1S/C12H17N.C10H19NO4/c1-10-3-2-4-12(9-10)11-5-7-13-8-6-11;1-9(2,3)14-7(12)11-8(13)15-10(4,5)6/h2-4,9,11,13H,5-8H2,1H3;1-6H3,(H,11,12,13). The highest BCUT2D eigenvalue weighted by atomic mass is 16.6. The van der Waals surface area contributed by atoms with E-state index in [1.807, 2.05) is 5.32 Å². The summed E-state index contributed by atoms with van der Waals surface area (Å²) < 4.78 is 9.74. The maximum atomic E-state index is 11.1. The molecule has 6 heteroatoms. The van der Waals surface area contributed by atoms with Gasteiger partial charge in [-0.05, 0) is 85.9 Å². The lowest BCUT2D eigenvalue weighted by atomic mass is 9.89. The molecule has 0 atom stereocenters. The minimum atomic E-state index is -0.809. The second-order valence-corrected chi connectivity index (χ2v) is 9.07. The normalized spacial score (nSPS) is 15.1. The lowest BCUT2D eigenvalue weighted by Crippen LogP contribution is -2.39. The average molecular weight is 393 g/mol. The van der Waals surface area contributed by atoms with Gasteiger partial charge in [-0.1, -0.05) is 29.8 Å². The summed E-state index contributed by atoms with van der Waals surface area (Å²) in [4.78, 5) is 22.2. The van der Waals surface area contributed by atoms with Crippen molar-refractivity contribution in [3.63, 3.8) is 0 Å². The third-order valence-electron chi connectivity index (χ3n) is 3.85. The molecule has 1 fully saturated rings. The van der Waals surface area contributed by atoms with E-state index < -0.39 is 23.4 Å². The molecule has 2 rings (SSSR count). The molecule has 0 spiro atoms.